The molecule has 0 saturated carbocycles. The number of furan rings is 1. The fraction of sp³-hybridized carbons (Fsp3) is 0.227. The average Bonchev–Trinajstić information content (AvgIpc) is 3.11. The van der Waals surface area contributed by atoms with Crippen molar-refractivity contribution in [3.05, 3.63) is 76.6 Å². The molecule has 1 aliphatic carbocycles. The minimum atomic E-state index is -0.364. The van der Waals surface area contributed by atoms with Gasteiger partial charge in [-0.3, -0.25) is 14.6 Å². The van der Waals surface area contributed by atoms with Crippen LogP contribution < -0.4 is 10.7 Å². The zero-order chi connectivity index (χ0) is 21.1. The molecule has 1 aliphatic rings. The standard InChI is InChI=1S/C22H21N5O3/c1-13-8-9-18(24-11-13)25-22(29)20-14(2)19-16(6-3-7-17(19)30-20)26-27-21(28)15-5-4-10-23-12-15/h4-5,8-12H,3,6-7H2,1-2H3,(H,27,28)(H,24,25,29)/b26-16+. The van der Waals surface area contributed by atoms with Crippen LogP contribution in [0.2, 0.25) is 0 Å². The van der Waals surface area contributed by atoms with Crippen molar-refractivity contribution >= 4 is 23.3 Å². The van der Waals surface area contributed by atoms with Crippen molar-refractivity contribution in [3.8, 4) is 0 Å². The Morgan fingerprint density at radius 1 is 1.10 bits per heavy atom. The van der Waals surface area contributed by atoms with Gasteiger partial charge in [0.25, 0.3) is 11.8 Å². The highest BCUT2D eigenvalue weighted by molar-refractivity contribution is 6.09. The molecular formula is C22H21N5O3. The molecule has 3 heterocycles. The Morgan fingerprint density at radius 2 is 1.97 bits per heavy atom. The van der Waals surface area contributed by atoms with Gasteiger partial charge in [0.05, 0.1) is 11.3 Å². The number of hydrogen-bond donors (Lipinski definition) is 2. The highest BCUT2D eigenvalue weighted by Gasteiger charge is 2.28. The Bertz CT molecular complexity index is 1120. The van der Waals surface area contributed by atoms with Gasteiger partial charge in [-0.25, -0.2) is 10.4 Å². The van der Waals surface area contributed by atoms with E-state index in [1.54, 1.807) is 30.6 Å². The number of nitrogens with one attached hydrogen (secondary N) is 2. The third-order valence-electron chi connectivity index (χ3n) is 4.90. The van der Waals surface area contributed by atoms with Crippen molar-refractivity contribution in [1.82, 2.24) is 15.4 Å². The van der Waals surface area contributed by atoms with Gasteiger partial charge in [0, 0.05) is 36.1 Å². The van der Waals surface area contributed by atoms with E-state index in [2.05, 4.69) is 25.8 Å². The van der Waals surface area contributed by atoms with Gasteiger partial charge in [0.15, 0.2) is 5.76 Å². The van der Waals surface area contributed by atoms with E-state index in [-0.39, 0.29) is 17.6 Å². The number of nitrogens with zero attached hydrogens (tertiary/aromatic N) is 3. The Morgan fingerprint density at radius 3 is 2.70 bits per heavy atom. The molecule has 3 aromatic rings. The number of carbonyl (C=O) groups is 2. The summed E-state index contributed by atoms with van der Waals surface area (Å²) in [5, 5.41) is 7.07. The first-order valence-electron chi connectivity index (χ1n) is 9.66. The van der Waals surface area contributed by atoms with E-state index in [1.165, 1.54) is 6.20 Å². The fourth-order valence-electron chi connectivity index (χ4n) is 3.39. The molecule has 0 aromatic carbocycles. The minimum absolute atomic E-state index is 0.232. The summed E-state index contributed by atoms with van der Waals surface area (Å²) < 4.78 is 5.87. The highest BCUT2D eigenvalue weighted by atomic mass is 16.4. The maximum atomic E-state index is 12.7. The third-order valence-corrected chi connectivity index (χ3v) is 4.90. The molecule has 8 nitrogen and oxygen atoms in total. The summed E-state index contributed by atoms with van der Waals surface area (Å²) in [4.78, 5) is 33.1. The lowest BCUT2D eigenvalue weighted by Crippen LogP contribution is -2.22. The first-order chi connectivity index (χ1) is 14.5. The van der Waals surface area contributed by atoms with Gasteiger partial charge in [0.2, 0.25) is 0 Å². The highest BCUT2D eigenvalue weighted by Crippen LogP contribution is 2.30. The number of pyridine rings is 2. The zero-order valence-corrected chi connectivity index (χ0v) is 16.7. The summed E-state index contributed by atoms with van der Waals surface area (Å²) >= 11 is 0. The molecule has 8 heteroatoms. The lowest BCUT2D eigenvalue weighted by Gasteiger charge is -2.13. The molecule has 30 heavy (non-hydrogen) atoms. The first-order valence-corrected chi connectivity index (χ1v) is 9.66. The molecule has 2 N–H and O–H groups in total. The van der Waals surface area contributed by atoms with Gasteiger partial charge >= 0.3 is 0 Å². The molecule has 2 amide bonds. The molecule has 0 unspecified atom stereocenters. The molecule has 0 saturated heterocycles. The summed E-state index contributed by atoms with van der Waals surface area (Å²) in [7, 11) is 0. The molecule has 0 radical (unpaired) electrons. The third kappa shape index (κ3) is 3.98. The fourth-order valence-corrected chi connectivity index (χ4v) is 3.39. The van der Waals surface area contributed by atoms with Gasteiger partial charge in [-0.05, 0) is 50.5 Å². The number of aryl methyl sites for hydroxylation is 2. The van der Waals surface area contributed by atoms with Crippen LogP contribution in [0.3, 0.4) is 0 Å². The van der Waals surface area contributed by atoms with Gasteiger partial charge in [-0.1, -0.05) is 6.07 Å². The molecule has 152 valence electrons. The Kier molecular flexibility index (Phi) is 5.38. The van der Waals surface area contributed by atoms with Crippen LogP contribution in [0.1, 0.15) is 56.2 Å². The van der Waals surface area contributed by atoms with Crippen molar-refractivity contribution in [1.29, 1.82) is 0 Å². The molecule has 4 rings (SSSR count). The summed E-state index contributed by atoms with van der Waals surface area (Å²) in [6, 6.07) is 6.97. The molecule has 0 atom stereocenters. The van der Waals surface area contributed by atoms with Crippen molar-refractivity contribution in [3.63, 3.8) is 0 Å². The second-order valence-corrected chi connectivity index (χ2v) is 7.12. The molecule has 0 fully saturated rings. The second kappa shape index (κ2) is 8.28. The topological polar surface area (TPSA) is 109 Å². The normalized spacial score (nSPS) is 14.3. The Labute approximate surface area is 173 Å². The van der Waals surface area contributed by atoms with E-state index in [4.69, 9.17) is 4.42 Å². The largest absolute Gasteiger partial charge is 0.455 e. The SMILES string of the molecule is Cc1ccc(NC(=O)c2oc3c(c2C)/C(=N/NC(=O)c2cccnc2)CCC3)nc1. The number of hydrazone groups is 1. The second-order valence-electron chi connectivity index (χ2n) is 7.12. The quantitative estimate of drug-likeness (QED) is 0.649. The predicted octanol–water partition coefficient (Wildman–Crippen LogP) is 3.41. The first kappa shape index (κ1) is 19.5. The van der Waals surface area contributed by atoms with Gasteiger partial charge in [-0.2, -0.15) is 5.10 Å². The number of fused-ring (bicyclic) bond motifs is 1. The van der Waals surface area contributed by atoms with E-state index in [0.29, 0.717) is 41.3 Å². The average molecular weight is 403 g/mol. The lowest BCUT2D eigenvalue weighted by atomic mass is 9.93. The zero-order valence-electron chi connectivity index (χ0n) is 16.7. The summed E-state index contributed by atoms with van der Waals surface area (Å²) in [6.45, 7) is 3.75. The number of aromatic nitrogens is 2. The van der Waals surface area contributed by atoms with E-state index in [0.717, 1.165) is 17.5 Å². The van der Waals surface area contributed by atoms with Crippen LogP contribution in [0, 0.1) is 13.8 Å². The number of carbonyl (C=O) groups excluding carboxylic acids is 2. The van der Waals surface area contributed by atoms with Gasteiger partial charge in [0.1, 0.15) is 11.6 Å². The van der Waals surface area contributed by atoms with Crippen molar-refractivity contribution < 1.29 is 14.0 Å². The monoisotopic (exact) mass is 403 g/mol. The number of rotatable bonds is 4. The van der Waals surface area contributed by atoms with Crippen LogP contribution in [0.4, 0.5) is 5.82 Å². The van der Waals surface area contributed by atoms with Crippen LogP contribution in [-0.2, 0) is 6.42 Å². The maximum Gasteiger partial charge on any atom is 0.292 e. The lowest BCUT2D eigenvalue weighted by molar-refractivity contribution is 0.0953. The van der Waals surface area contributed by atoms with Gasteiger partial charge in [-0.15, -0.1) is 0 Å². The van der Waals surface area contributed by atoms with Crippen LogP contribution >= 0.6 is 0 Å². The van der Waals surface area contributed by atoms with E-state index in [9.17, 15) is 9.59 Å². The summed E-state index contributed by atoms with van der Waals surface area (Å²) in [5.41, 5.74) is 6.19. The Balaban J connectivity index is 1.56. The van der Waals surface area contributed by atoms with Crippen LogP contribution in [0.15, 0.2) is 52.4 Å². The maximum absolute atomic E-state index is 12.7. The van der Waals surface area contributed by atoms with Crippen molar-refractivity contribution in [2.75, 3.05) is 5.32 Å². The smallest absolute Gasteiger partial charge is 0.292 e. The summed E-state index contributed by atoms with van der Waals surface area (Å²) in [5.74, 6) is 0.687. The predicted molar refractivity (Wildman–Crippen MR) is 112 cm³/mol. The number of hydrogen-bond acceptors (Lipinski definition) is 6. The minimum Gasteiger partial charge on any atom is -0.455 e. The van der Waals surface area contributed by atoms with E-state index < -0.39 is 0 Å². The van der Waals surface area contributed by atoms with Crippen molar-refractivity contribution in [2.24, 2.45) is 5.10 Å². The molecule has 0 aliphatic heterocycles. The van der Waals surface area contributed by atoms with Crippen LogP contribution in [-0.4, -0.2) is 27.5 Å². The number of anilines is 1. The molecule has 0 bridgehead atoms. The van der Waals surface area contributed by atoms with Crippen LogP contribution in [0.5, 0.6) is 0 Å². The number of amides is 2. The molecule has 3 aromatic heterocycles. The van der Waals surface area contributed by atoms with E-state index in [1.807, 2.05) is 19.9 Å². The van der Waals surface area contributed by atoms with Crippen molar-refractivity contribution in [2.45, 2.75) is 33.1 Å². The molecular weight excluding hydrogens is 382 g/mol. The Hall–Kier alpha value is -3.81. The molecule has 0 spiro atoms. The van der Waals surface area contributed by atoms with Crippen LogP contribution in [0.25, 0.3) is 0 Å². The van der Waals surface area contributed by atoms with E-state index >= 15 is 0 Å². The summed E-state index contributed by atoms with van der Waals surface area (Å²) in [6.07, 6.45) is 6.98. The van der Waals surface area contributed by atoms with Gasteiger partial charge < -0.3 is 9.73 Å².